The van der Waals surface area contributed by atoms with Gasteiger partial charge in [-0.15, -0.1) is 22.9 Å². The first-order chi connectivity index (χ1) is 9.43. The highest BCUT2D eigenvalue weighted by Crippen LogP contribution is 2.19. The average Bonchev–Trinajstić information content (AvgIpc) is 2.43. The Hall–Kier alpha value is -1.82. The van der Waals surface area contributed by atoms with Crippen LogP contribution in [-0.2, 0) is 0 Å². The molecule has 1 aromatic carbocycles. The summed E-state index contributed by atoms with van der Waals surface area (Å²) < 4.78 is 0. The van der Waals surface area contributed by atoms with Crippen molar-refractivity contribution in [3.8, 4) is 0 Å². The number of rotatable bonds is 5. The van der Waals surface area contributed by atoms with Crippen LogP contribution in [0.15, 0.2) is 51.4 Å². The molecule has 108 valence electrons. The van der Waals surface area contributed by atoms with Gasteiger partial charge in [0.25, 0.3) is 0 Å². The third-order valence-corrected chi connectivity index (χ3v) is 2.91. The van der Waals surface area contributed by atoms with E-state index in [1.54, 1.807) is 13.1 Å². The monoisotopic (exact) mass is 291 g/mol. The van der Waals surface area contributed by atoms with Crippen LogP contribution in [0.1, 0.15) is 0 Å². The van der Waals surface area contributed by atoms with E-state index < -0.39 is 0 Å². The van der Waals surface area contributed by atoms with Crippen LogP contribution >= 0.6 is 12.6 Å². The minimum absolute atomic E-state index is 0.607. The Morgan fingerprint density at radius 2 is 1.70 bits per heavy atom. The normalized spacial score (nSPS) is 12.9. The molecule has 0 aromatic heterocycles. The second kappa shape index (κ2) is 7.69. The summed E-state index contributed by atoms with van der Waals surface area (Å²) in [5.74, 6) is 0.692. The van der Waals surface area contributed by atoms with E-state index >= 15 is 0 Å². The van der Waals surface area contributed by atoms with Gasteiger partial charge in [-0.25, -0.2) is 0 Å². The average molecular weight is 291 g/mol. The van der Waals surface area contributed by atoms with Gasteiger partial charge in [0.05, 0.1) is 10.7 Å². The van der Waals surface area contributed by atoms with Crippen LogP contribution in [0.25, 0.3) is 0 Å². The largest absolute Gasteiger partial charge is 0.378 e. The molecule has 0 fully saturated rings. The maximum Gasteiger partial charge on any atom is 0.153 e. The Morgan fingerprint density at radius 1 is 1.10 bits per heavy atom. The Bertz CT molecular complexity index is 515. The van der Waals surface area contributed by atoms with Crippen molar-refractivity contribution in [2.24, 2.45) is 15.2 Å². The molecule has 0 radical (unpaired) electrons. The molecule has 0 aliphatic rings. The van der Waals surface area contributed by atoms with Crippen LogP contribution in [0.3, 0.4) is 0 Å². The van der Waals surface area contributed by atoms with Crippen molar-refractivity contribution in [3.05, 3.63) is 36.2 Å². The number of aliphatic imine (C=N–C) groups is 1. The van der Waals surface area contributed by atoms with Crippen LogP contribution < -0.4 is 4.90 Å². The molecule has 0 spiro atoms. The van der Waals surface area contributed by atoms with Gasteiger partial charge in [-0.2, -0.15) is 0 Å². The molecular formula is C14H21N5S. The summed E-state index contributed by atoms with van der Waals surface area (Å²) in [5.41, 5.74) is 1.93. The second-order valence-electron chi connectivity index (χ2n) is 4.59. The third-order valence-electron chi connectivity index (χ3n) is 2.58. The summed E-state index contributed by atoms with van der Waals surface area (Å²) in [4.78, 5) is 7.87. The fraction of sp³-hybridized carbons (Fsp3) is 0.357. The minimum Gasteiger partial charge on any atom is -0.378 e. The fourth-order valence-corrected chi connectivity index (χ4v) is 1.47. The molecule has 0 saturated heterocycles. The fourth-order valence-electron chi connectivity index (χ4n) is 1.35. The number of anilines is 1. The molecule has 0 N–H and O–H groups in total. The maximum atomic E-state index is 4.22. The molecule has 1 rings (SSSR count). The summed E-state index contributed by atoms with van der Waals surface area (Å²) in [7, 11) is 9.49. The highest BCUT2D eigenvalue weighted by Gasteiger charge is 2.00. The number of azo groups is 1. The molecule has 0 heterocycles. The van der Waals surface area contributed by atoms with E-state index in [4.69, 9.17) is 0 Å². The summed E-state index contributed by atoms with van der Waals surface area (Å²) in [5, 5.41) is 9.05. The number of benzene rings is 1. The van der Waals surface area contributed by atoms with Crippen molar-refractivity contribution in [2.75, 3.05) is 40.1 Å². The Labute approximate surface area is 126 Å². The van der Waals surface area contributed by atoms with Crippen molar-refractivity contribution < 1.29 is 0 Å². The van der Waals surface area contributed by atoms with Crippen LogP contribution in [0.5, 0.6) is 0 Å². The zero-order valence-corrected chi connectivity index (χ0v) is 13.5. The van der Waals surface area contributed by atoms with Gasteiger partial charge < -0.3 is 9.80 Å². The molecule has 6 heteroatoms. The quantitative estimate of drug-likeness (QED) is 0.392. The summed E-state index contributed by atoms with van der Waals surface area (Å²) in [6.07, 6.45) is 1.76. The first-order valence-electron chi connectivity index (χ1n) is 6.18. The van der Waals surface area contributed by atoms with Crippen molar-refractivity contribution in [1.82, 2.24) is 4.90 Å². The predicted molar refractivity (Wildman–Crippen MR) is 89.4 cm³/mol. The third kappa shape index (κ3) is 5.05. The van der Waals surface area contributed by atoms with Crippen LogP contribution in [0, 0.1) is 0 Å². The molecule has 1 aromatic rings. The molecule has 20 heavy (non-hydrogen) atoms. The van der Waals surface area contributed by atoms with E-state index in [-0.39, 0.29) is 0 Å². The lowest BCUT2D eigenvalue weighted by Gasteiger charge is -2.12. The molecule has 0 bridgehead atoms. The van der Waals surface area contributed by atoms with Crippen molar-refractivity contribution in [3.63, 3.8) is 0 Å². The summed E-state index contributed by atoms with van der Waals surface area (Å²) >= 11 is 4.22. The van der Waals surface area contributed by atoms with Gasteiger partial charge in [0, 0.05) is 47.0 Å². The topological polar surface area (TPSA) is 43.6 Å². The molecule has 0 aliphatic carbocycles. The highest BCUT2D eigenvalue weighted by molar-refractivity contribution is 7.97. The van der Waals surface area contributed by atoms with E-state index in [1.165, 1.54) is 0 Å². The molecule has 0 unspecified atom stereocenters. The molecule has 0 aliphatic heterocycles. The molecule has 5 nitrogen and oxygen atoms in total. The lowest BCUT2D eigenvalue weighted by Crippen LogP contribution is -2.10. The van der Waals surface area contributed by atoms with Crippen LogP contribution in [0.4, 0.5) is 11.4 Å². The van der Waals surface area contributed by atoms with E-state index in [1.807, 2.05) is 62.3 Å². The Kier molecular flexibility index (Phi) is 6.24. The van der Waals surface area contributed by atoms with Crippen molar-refractivity contribution in [1.29, 1.82) is 0 Å². The smallest absolute Gasteiger partial charge is 0.153 e. The standard InChI is InChI=1S/C14H21N5S/c1-15-14(20)10-13(19(4)5)17-16-11-6-8-12(9-7-11)18(2)3/h6-10H,1-5H3,(H,15,20)/b13-10-,17-16?. The lowest BCUT2D eigenvalue weighted by atomic mass is 10.3. The zero-order valence-electron chi connectivity index (χ0n) is 12.6. The number of nitrogens with zero attached hydrogens (tertiary/aromatic N) is 5. The Morgan fingerprint density at radius 3 is 2.15 bits per heavy atom. The number of thiol groups is 1. The van der Waals surface area contributed by atoms with Crippen molar-refractivity contribution >= 4 is 29.0 Å². The molecule has 0 saturated carbocycles. The first kappa shape index (κ1) is 16.2. The van der Waals surface area contributed by atoms with Gasteiger partial charge in [0.1, 0.15) is 0 Å². The van der Waals surface area contributed by atoms with E-state index in [0.29, 0.717) is 10.9 Å². The predicted octanol–water partition coefficient (Wildman–Crippen LogP) is 3.20. The lowest BCUT2D eigenvalue weighted by molar-refractivity contribution is 0.501. The van der Waals surface area contributed by atoms with Gasteiger partial charge in [-0.05, 0) is 24.3 Å². The summed E-state index contributed by atoms with van der Waals surface area (Å²) in [6.45, 7) is 0. The van der Waals surface area contributed by atoms with Crippen molar-refractivity contribution in [2.45, 2.75) is 0 Å². The van der Waals surface area contributed by atoms with Gasteiger partial charge >= 0.3 is 0 Å². The second-order valence-corrected chi connectivity index (χ2v) is 5.05. The number of hydrogen-bond donors (Lipinski definition) is 1. The number of hydrogen-bond acceptors (Lipinski definition) is 5. The highest BCUT2D eigenvalue weighted by atomic mass is 32.1. The van der Waals surface area contributed by atoms with Crippen LogP contribution in [0.2, 0.25) is 0 Å². The van der Waals surface area contributed by atoms with Crippen LogP contribution in [-0.4, -0.2) is 45.2 Å². The van der Waals surface area contributed by atoms with Gasteiger partial charge in [0.2, 0.25) is 0 Å². The maximum absolute atomic E-state index is 4.22. The minimum atomic E-state index is 0.607. The molecular weight excluding hydrogens is 270 g/mol. The molecule has 0 amide bonds. The first-order valence-corrected chi connectivity index (χ1v) is 6.62. The van der Waals surface area contributed by atoms with Gasteiger partial charge in [-0.3, -0.25) is 4.99 Å². The van der Waals surface area contributed by atoms with E-state index in [9.17, 15) is 0 Å². The summed E-state index contributed by atoms with van der Waals surface area (Å²) in [6, 6.07) is 7.87. The van der Waals surface area contributed by atoms with E-state index in [0.717, 1.165) is 11.4 Å². The SMILES string of the molecule is C/N=C(S)/C=C(/N=Nc1ccc(N(C)C)cc1)N(C)C. The van der Waals surface area contributed by atoms with Gasteiger partial charge in [0.15, 0.2) is 5.82 Å². The zero-order chi connectivity index (χ0) is 15.1. The van der Waals surface area contributed by atoms with E-state index in [2.05, 4.69) is 27.8 Å². The van der Waals surface area contributed by atoms with Gasteiger partial charge in [-0.1, -0.05) is 0 Å². The molecule has 0 atom stereocenters. The Balaban J connectivity index is 2.91.